The minimum absolute atomic E-state index is 0.0820. The van der Waals surface area contributed by atoms with E-state index in [0.29, 0.717) is 10.9 Å². The number of pyridine rings is 1. The lowest BCUT2D eigenvalue weighted by molar-refractivity contribution is -0.383. The van der Waals surface area contributed by atoms with Gasteiger partial charge in [0, 0.05) is 6.07 Å². The molecule has 0 aliphatic rings. The molecule has 21 heavy (non-hydrogen) atoms. The van der Waals surface area contributed by atoms with E-state index < -0.39 is 0 Å². The largest absolute Gasteiger partial charge is 0.278 e. The Bertz CT molecular complexity index is 827. The van der Waals surface area contributed by atoms with Crippen molar-refractivity contribution in [1.82, 2.24) is 4.98 Å². The van der Waals surface area contributed by atoms with Crippen molar-refractivity contribution in [2.75, 3.05) is 0 Å². The molecule has 0 radical (unpaired) electrons. The average molecular weight is 276 g/mol. The molecule has 0 saturated heterocycles. The van der Waals surface area contributed by atoms with Crippen molar-refractivity contribution in [3.05, 3.63) is 82.0 Å². The van der Waals surface area contributed by atoms with Crippen LogP contribution in [0.2, 0.25) is 0 Å². The van der Waals surface area contributed by atoms with Gasteiger partial charge in [-0.3, -0.25) is 10.1 Å². The minimum atomic E-state index is -0.385. The Hall–Kier alpha value is -3.01. The number of benzene rings is 2. The normalized spacial score (nSPS) is 11.0. The van der Waals surface area contributed by atoms with Crippen LogP contribution in [0.5, 0.6) is 0 Å². The molecule has 0 aliphatic carbocycles. The van der Waals surface area contributed by atoms with Crippen LogP contribution in [-0.2, 0) is 0 Å². The summed E-state index contributed by atoms with van der Waals surface area (Å²) < 4.78 is 0. The fourth-order valence-electron chi connectivity index (χ4n) is 2.15. The molecule has 0 atom stereocenters. The first-order valence-corrected chi connectivity index (χ1v) is 6.51. The fraction of sp³-hybridized carbons (Fsp3) is 0. The van der Waals surface area contributed by atoms with Crippen molar-refractivity contribution >= 4 is 28.7 Å². The second-order valence-electron chi connectivity index (χ2n) is 4.58. The molecule has 0 unspecified atom stereocenters. The maximum absolute atomic E-state index is 11.0. The van der Waals surface area contributed by atoms with E-state index in [1.807, 2.05) is 42.5 Å². The Morgan fingerprint density at radius 3 is 2.48 bits per heavy atom. The number of nitro benzene ring substituents is 1. The van der Waals surface area contributed by atoms with Crippen molar-refractivity contribution < 1.29 is 4.92 Å². The monoisotopic (exact) mass is 276 g/mol. The highest BCUT2D eigenvalue weighted by Crippen LogP contribution is 2.24. The first-order valence-electron chi connectivity index (χ1n) is 6.51. The highest BCUT2D eigenvalue weighted by Gasteiger charge is 2.11. The van der Waals surface area contributed by atoms with E-state index in [9.17, 15) is 10.1 Å². The first-order chi connectivity index (χ1) is 10.2. The van der Waals surface area contributed by atoms with E-state index in [-0.39, 0.29) is 10.6 Å². The van der Waals surface area contributed by atoms with E-state index in [4.69, 9.17) is 0 Å². The third kappa shape index (κ3) is 2.79. The Morgan fingerprint density at radius 2 is 1.71 bits per heavy atom. The quantitative estimate of drug-likeness (QED) is 0.529. The second-order valence-corrected chi connectivity index (χ2v) is 4.58. The van der Waals surface area contributed by atoms with Crippen molar-refractivity contribution in [1.29, 1.82) is 0 Å². The third-order valence-corrected chi connectivity index (χ3v) is 3.17. The molecular weight excluding hydrogens is 264 g/mol. The van der Waals surface area contributed by atoms with Gasteiger partial charge in [0.1, 0.15) is 0 Å². The van der Waals surface area contributed by atoms with Gasteiger partial charge in [-0.15, -0.1) is 0 Å². The summed E-state index contributed by atoms with van der Waals surface area (Å²) in [6.07, 6.45) is 3.86. The zero-order chi connectivity index (χ0) is 14.7. The molecular formula is C17H12N2O2. The van der Waals surface area contributed by atoms with Crippen molar-refractivity contribution in [3.63, 3.8) is 0 Å². The molecule has 0 bridgehead atoms. The van der Waals surface area contributed by atoms with Gasteiger partial charge in [0.25, 0.3) is 5.69 Å². The summed E-state index contributed by atoms with van der Waals surface area (Å²) in [6, 6.07) is 18.4. The van der Waals surface area contributed by atoms with Crippen LogP contribution >= 0.6 is 0 Å². The summed E-state index contributed by atoms with van der Waals surface area (Å²) in [4.78, 5) is 15.0. The van der Waals surface area contributed by atoms with Gasteiger partial charge in [-0.05, 0) is 29.8 Å². The summed E-state index contributed by atoms with van der Waals surface area (Å²) in [7, 11) is 0. The summed E-state index contributed by atoms with van der Waals surface area (Å²) in [5, 5.41) is 11.5. The maximum Gasteiger partial charge on any atom is 0.278 e. The molecule has 3 aromatic rings. The third-order valence-electron chi connectivity index (χ3n) is 3.17. The van der Waals surface area contributed by atoms with Gasteiger partial charge < -0.3 is 0 Å². The zero-order valence-electron chi connectivity index (χ0n) is 11.1. The van der Waals surface area contributed by atoms with Gasteiger partial charge in [-0.1, -0.05) is 42.5 Å². The van der Waals surface area contributed by atoms with Gasteiger partial charge >= 0.3 is 0 Å². The predicted molar refractivity (Wildman–Crippen MR) is 83.8 cm³/mol. The van der Waals surface area contributed by atoms with Gasteiger partial charge in [-0.2, -0.15) is 0 Å². The van der Waals surface area contributed by atoms with Crippen molar-refractivity contribution in [3.8, 4) is 0 Å². The standard InChI is InChI=1S/C17H12N2O2/c20-19(21)17-8-4-7-16-15(17)12-11-14(18-16)10-9-13-5-2-1-3-6-13/h1-12H/b10-9+. The molecule has 0 N–H and O–H groups in total. The number of non-ortho nitro benzene ring substituents is 1. The second kappa shape index (κ2) is 5.54. The minimum Gasteiger partial charge on any atom is -0.258 e. The van der Waals surface area contributed by atoms with Crippen LogP contribution in [0.3, 0.4) is 0 Å². The number of nitro groups is 1. The Morgan fingerprint density at radius 1 is 0.905 bits per heavy atom. The lowest BCUT2D eigenvalue weighted by atomic mass is 10.1. The topological polar surface area (TPSA) is 56.0 Å². The molecule has 0 fully saturated rings. The molecule has 4 nitrogen and oxygen atoms in total. The molecule has 0 saturated carbocycles. The number of hydrogen-bond acceptors (Lipinski definition) is 3. The number of fused-ring (bicyclic) bond motifs is 1. The zero-order valence-corrected chi connectivity index (χ0v) is 11.1. The molecule has 3 rings (SSSR count). The molecule has 0 amide bonds. The summed E-state index contributed by atoms with van der Waals surface area (Å²) in [5.74, 6) is 0. The number of aromatic nitrogens is 1. The number of rotatable bonds is 3. The molecule has 1 aromatic heterocycles. The van der Waals surface area contributed by atoms with Crippen LogP contribution < -0.4 is 0 Å². The molecule has 102 valence electrons. The van der Waals surface area contributed by atoms with E-state index in [1.165, 1.54) is 6.07 Å². The van der Waals surface area contributed by atoms with Crippen LogP contribution in [-0.4, -0.2) is 9.91 Å². The van der Waals surface area contributed by atoms with Gasteiger partial charge in [0.2, 0.25) is 0 Å². The van der Waals surface area contributed by atoms with Crippen molar-refractivity contribution in [2.45, 2.75) is 0 Å². The number of nitrogens with zero attached hydrogens (tertiary/aromatic N) is 2. The average Bonchev–Trinajstić information content (AvgIpc) is 2.53. The molecule has 0 aliphatic heterocycles. The maximum atomic E-state index is 11.0. The Labute approximate surface area is 121 Å². The van der Waals surface area contributed by atoms with E-state index >= 15 is 0 Å². The lowest BCUT2D eigenvalue weighted by Gasteiger charge is -2.00. The Balaban J connectivity index is 1.99. The molecule has 4 heteroatoms. The molecule has 2 aromatic carbocycles. The van der Waals surface area contributed by atoms with E-state index in [0.717, 1.165) is 11.3 Å². The number of hydrogen-bond donors (Lipinski definition) is 0. The SMILES string of the molecule is O=[N+]([O-])c1cccc2nc(/C=C/c3ccccc3)ccc12. The smallest absolute Gasteiger partial charge is 0.258 e. The molecule has 1 heterocycles. The summed E-state index contributed by atoms with van der Waals surface area (Å²) in [5.41, 5.74) is 2.56. The van der Waals surface area contributed by atoms with Crippen molar-refractivity contribution in [2.24, 2.45) is 0 Å². The highest BCUT2D eigenvalue weighted by molar-refractivity contribution is 5.88. The molecule has 0 spiro atoms. The Kier molecular flexibility index (Phi) is 3.43. The van der Waals surface area contributed by atoms with Crippen LogP contribution in [0.1, 0.15) is 11.3 Å². The van der Waals surface area contributed by atoms with Crippen LogP contribution in [0.4, 0.5) is 5.69 Å². The van der Waals surface area contributed by atoms with Gasteiger partial charge in [0.05, 0.1) is 21.5 Å². The lowest BCUT2D eigenvalue weighted by Crippen LogP contribution is -1.91. The van der Waals surface area contributed by atoms with E-state index in [1.54, 1.807) is 24.3 Å². The first kappa shape index (κ1) is 13.0. The van der Waals surface area contributed by atoms with Gasteiger partial charge in [-0.25, -0.2) is 4.98 Å². The highest BCUT2D eigenvalue weighted by atomic mass is 16.6. The fourth-order valence-corrected chi connectivity index (χ4v) is 2.15. The van der Waals surface area contributed by atoms with Gasteiger partial charge in [0.15, 0.2) is 0 Å². The van der Waals surface area contributed by atoms with Crippen LogP contribution in [0.25, 0.3) is 23.1 Å². The van der Waals surface area contributed by atoms with Crippen LogP contribution in [0, 0.1) is 10.1 Å². The summed E-state index contributed by atoms with van der Waals surface area (Å²) >= 11 is 0. The predicted octanol–water partition coefficient (Wildman–Crippen LogP) is 4.31. The summed E-state index contributed by atoms with van der Waals surface area (Å²) in [6.45, 7) is 0. The van der Waals surface area contributed by atoms with Crippen LogP contribution in [0.15, 0.2) is 60.7 Å². The van der Waals surface area contributed by atoms with E-state index in [2.05, 4.69) is 4.98 Å².